The van der Waals surface area contributed by atoms with Gasteiger partial charge in [-0.1, -0.05) is 90.7 Å². The summed E-state index contributed by atoms with van der Waals surface area (Å²) in [5.41, 5.74) is 22.5. The topological polar surface area (TPSA) is 383 Å². The number of hydrogen-bond acceptors (Lipinski definition) is 20. The smallest absolute Gasteiger partial charge is 0.272 e. The van der Waals surface area contributed by atoms with Gasteiger partial charge in [0, 0.05) is 137 Å². The average Bonchev–Trinajstić information content (AvgIpc) is 1.60. The van der Waals surface area contributed by atoms with Crippen molar-refractivity contribution in [3.05, 3.63) is 360 Å². The van der Waals surface area contributed by atoms with Gasteiger partial charge in [0.15, 0.2) is 23.9 Å². The summed E-state index contributed by atoms with van der Waals surface area (Å²) in [5, 5.41) is 51.9. The number of aryl methyl sites for hydroxylation is 4. The minimum atomic E-state index is -1.13. The minimum Gasteiger partial charge on any atom is -0.619 e. The third-order valence-corrected chi connectivity index (χ3v) is 22.6. The van der Waals surface area contributed by atoms with Crippen molar-refractivity contribution in [1.82, 2.24) is 36.2 Å². The molecule has 12 heterocycles. The van der Waals surface area contributed by atoms with Gasteiger partial charge in [-0.15, -0.1) is 0 Å². The fraction of sp³-hybridized carbons (Fsp3) is 0.192. The molecule has 4 aromatic heterocycles. The van der Waals surface area contributed by atoms with Crippen LogP contribution in [0.3, 0.4) is 0 Å². The fourth-order valence-electron chi connectivity index (χ4n) is 16.9. The summed E-state index contributed by atoms with van der Waals surface area (Å²) in [4.78, 5) is 143. The van der Waals surface area contributed by atoms with Gasteiger partial charge < -0.3 is 66.1 Å². The summed E-state index contributed by atoms with van der Waals surface area (Å²) in [7, 11) is 1.47. The second kappa shape index (κ2) is 36.7. The first kappa shape index (κ1) is 85.4. The highest BCUT2D eigenvalue weighted by molar-refractivity contribution is 6.25. The van der Waals surface area contributed by atoms with Crippen LogP contribution < -0.4 is 50.3 Å². The van der Waals surface area contributed by atoms with E-state index < -0.39 is 42.4 Å². The van der Waals surface area contributed by atoms with Crippen LogP contribution in [0.5, 0.6) is 23.0 Å². The molecule has 0 fully saturated rings. The summed E-state index contributed by atoms with van der Waals surface area (Å²) in [5.74, 6) is -2.17. The molecule has 0 saturated heterocycles. The van der Waals surface area contributed by atoms with E-state index in [1.54, 1.807) is 129 Å². The maximum Gasteiger partial charge on any atom is 0.272 e. The van der Waals surface area contributed by atoms with Crippen LogP contribution in [-0.2, 0) is 44.9 Å². The second-order valence-corrected chi connectivity index (χ2v) is 31.2. The Bertz CT molecular complexity index is 6530. The number of phenols is 3. The molecule has 0 aliphatic carbocycles. The van der Waals surface area contributed by atoms with Gasteiger partial charge >= 0.3 is 0 Å². The zero-order valence-electron chi connectivity index (χ0n) is 70.9. The van der Waals surface area contributed by atoms with Gasteiger partial charge in [-0.05, 0) is 203 Å². The summed E-state index contributed by atoms with van der Waals surface area (Å²) < 4.78 is 5.87. The van der Waals surface area contributed by atoms with E-state index in [-0.39, 0.29) is 52.3 Å². The Labute approximate surface area is 736 Å². The number of carbonyl (C=O) groups is 8. The van der Waals surface area contributed by atoms with Gasteiger partial charge in [0.1, 0.15) is 11.5 Å². The van der Waals surface area contributed by atoms with E-state index in [0.29, 0.717) is 81.8 Å². The molecule has 29 nitrogen and oxygen atoms in total. The molecule has 642 valence electrons. The number of aromatic hydroxyl groups is 3. The maximum absolute atomic E-state index is 13.5. The molecule has 8 aliphatic heterocycles. The standard InChI is InChI=1S/C25H22N4O4.C24H20N4O4.C24H20N4O3.C24H20N4O2.C2H6/c1-14-11-17-7-10-29-22(17)18(12-14)21(16-3-4-19(30)20(13-16)33-2)27-23(25(29)32)28-24(31)15-5-8-26-9-6-15;1-14-12-17-8-11-28-21(17)19(13-14)20(15-2-4-18(29)5-3-15)25-22(24(28)31)26-23(30)16-6-9-27(32)10-7-16;1-14-12-17-8-11-28-21(17)19(13-14)20(15-2-4-18(29)5-3-15)26-22(24(28)31)27-23(30)16-6-9-25-10-7-16;1-15-13-18-9-12-28-21(18)19(14-15)20(16-5-3-2-4-6-16)26-22(24(28)30)27-23(29)17-7-10-25-11-8-17;1-2/h3-6,8-9,11-13,23,30H,7,10H2,1-2H3,(H,28,31);2-7,9-10,12-13,22,29H,8,11H2,1H3,(H,26,30);2-7,9-10,12-13,22,29H,8,11H2,1H3,(H,27,30);2-8,10-11,13-14,22H,9,12H2,1H3,(H,27,29);1-2H3/t;3*22-;/m.000./s1. The molecular weight excluding hydrogens is 1620 g/mol. The SMILES string of the molecule is CC.COc1cc(C2=NC(NC(=O)c3ccncc3)C(=O)N3CCc4cc(C)cc2c43)ccc1O.Cc1cc2c3c(c1)C(c1ccc(O)cc1)=N[C@@H](NC(=O)c1cc[n+]([O-])cc1)C(=O)N3CC2.Cc1cc2c3c(c1)C(c1ccc(O)cc1)=N[C@@H](NC(=O)c1ccncc1)C(=O)N3CC2.Cc1cc2c3c(c1)C(c1ccccc1)=N[C@@H](NC(=O)c1ccncc1)C(=O)N3CC2. The van der Waals surface area contributed by atoms with Gasteiger partial charge in [0.05, 0.1) is 58.3 Å². The Balaban J connectivity index is 0.000000125. The monoisotopic (exact) mass is 1710 g/mol. The van der Waals surface area contributed by atoms with Crippen molar-refractivity contribution in [1.29, 1.82) is 0 Å². The summed E-state index contributed by atoms with van der Waals surface area (Å²) in [6.07, 6.45) is 10.3. The largest absolute Gasteiger partial charge is 0.619 e. The normalized spacial score (nSPS) is 16.7. The second-order valence-electron chi connectivity index (χ2n) is 31.2. The molecule has 20 rings (SSSR count). The molecule has 7 N–H and O–H groups in total. The van der Waals surface area contributed by atoms with Crippen LogP contribution in [0.1, 0.15) is 144 Å². The number of aliphatic imine (C=N–C) groups is 4. The molecule has 8 amide bonds. The fourth-order valence-corrected chi connectivity index (χ4v) is 16.9. The number of benzene rings is 8. The number of amides is 8. The van der Waals surface area contributed by atoms with Crippen molar-refractivity contribution < 1.29 is 63.1 Å². The number of methoxy groups -OCH3 is 1. The average molecular weight is 1710 g/mol. The molecule has 29 heteroatoms. The molecule has 128 heavy (non-hydrogen) atoms. The van der Waals surface area contributed by atoms with E-state index in [1.165, 1.54) is 62.5 Å². The first-order valence-corrected chi connectivity index (χ1v) is 41.8. The number of nitrogens with one attached hydrogen (secondary N) is 4. The Morgan fingerprint density at radius 1 is 0.367 bits per heavy atom. The molecule has 0 bridgehead atoms. The molecule has 12 aromatic rings. The first-order chi connectivity index (χ1) is 62.0. The van der Waals surface area contributed by atoms with Crippen LogP contribution in [0.25, 0.3) is 0 Å². The number of hydrogen-bond donors (Lipinski definition) is 7. The number of anilines is 4. The van der Waals surface area contributed by atoms with Crippen molar-refractivity contribution in [2.75, 3.05) is 52.9 Å². The lowest BCUT2D eigenvalue weighted by atomic mass is 9.95. The number of aromatic nitrogens is 4. The highest BCUT2D eigenvalue weighted by Gasteiger charge is 2.43. The van der Waals surface area contributed by atoms with Gasteiger partial charge in [-0.3, -0.25) is 53.3 Å². The number of rotatable bonds is 13. The maximum atomic E-state index is 13.5. The van der Waals surface area contributed by atoms with Gasteiger partial charge in [-0.2, -0.15) is 4.73 Å². The number of phenolic OH excluding ortho intramolecular Hbond substituents is 3. The molecule has 8 aromatic carbocycles. The molecule has 0 radical (unpaired) electrons. The van der Waals surface area contributed by atoms with Gasteiger partial charge in [-0.25, -0.2) is 20.0 Å². The Kier molecular flexibility index (Phi) is 24.5. The molecule has 1 unspecified atom stereocenters. The van der Waals surface area contributed by atoms with E-state index in [9.17, 15) is 58.9 Å². The lowest BCUT2D eigenvalue weighted by Crippen LogP contribution is -2.47. The van der Waals surface area contributed by atoms with Gasteiger partial charge in [0.2, 0.25) is 24.7 Å². The first-order valence-electron chi connectivity index (χ1n) is 41.8. The van der Waals surface area contributed by atoms with Crippen molar-refractivity contribution in [3.63, 3.8) is 0 Å². The van der Waals surface area contributed by atoms with E-state index in [0.717, 1.165) is 132 Å². The lowest BCUT2D eigenvalue weighted by molar-refractivity contribution is -0.605. The zero-order chi connectivity index (χ0) is 89.7. The Morgan fingerprint density at radius 2 is 0.641 bits per heavy atom. The van der Waals surface area contributed by atoms with Crippen LogP contribution >= 0.6 is 0 Å². The number of ether oxygens (including phenoxy) is 1. The summed E-state index contributed by atoms with van der Waals surface area (Å²) in [6, 6.07) is 56.8. The van der Waals surface area contributed by atoms with E-state index in [4.69, 9.17) is 24.7 Å². The van der Waals surface area contributed by atoms with Crippen LogP contribution in [0.2, 0.25) is 0 Å². The predicted molar refractivity (Wildman–Crippen MR) is 483 cm³/mol. The van der Waals surface area contributed by atoms with Crippen LogP contribution in [0.4, 0.5) is 22.7 Å². The summed E-state index contributed by atoms with van der Waals surface area (Å²) >= 11 is 0. The Morgan fingerprint density at radius 3 is 0.938 bits per heavy atom. The quantitative estimate of drug-likeness (QED) is 0.0416. The molecule has 0 saturated carbocycles. The predicted octanol–water partition coefficient (Wildman–Crippen LogP) is 10.9. The number of carbonyl (C=O) groups excluding carboxylic acids is 8. The zero-order valence-corrected chi connectivity index (χ0v) is 70.9. The van der Waals surface area contributed by atoms with E-state index in [1.807, 2.05) is 83.1 Å². The highest BCUT2D eigenvalue weighted by atomic mass is 16.5. The third kappa shape index (κ3) is 17.5. The van der Waals surface area contributed by atoms with Crippen molar-refractivity contribution in [2.45, 2.75) is 91.9 Å². The van der Waals surface area contributed by atoms with Crippen molar-refractivity contribution in [2.24, 2.45) is 20.0 Å². The molecule has 4 atom stereocenters. The number of nitrogens with zero attached hydrogens (tertiary/aromatic N) is 12. The molecule has 0 spiro atoms. The lowest BCUT2D eigenvalue weighted by Gasteiger charge is -2.21. The van der Waals surface area contributed by atoms with Crippen LogP contribution in [0.15, 0.2) is 264 Å². The van der Waals surface area contributed by atoms with Crippen LogP contribution in [-0.4, -0.2) is 158 Å². The third-order valence-electron chi connectivity index (χ3n) is 22.6. The van der Waals surface area contributed by atoms with E-state index >= 15 is 0 Å². The highest BCUT2D eigenvalue weighted by Crippen LogP contribution is 2.43. The van der Waals surface area contributed by atoms with E-state index in [2.05, 4.69) is 73.5 Å². The molecular formula is C99H88N16O13. The van der Waals surface area contributed by atoms with Crippen LogP contribution in [0, 0.1) is 32.9 Å². The summed E-state index contributed by atoms with van der Waals surface area (Å²) in [6.45, 7) is 14.2. The minimum absolute atomic E-state index is 0.00480. The molecule has 8 aliphatic rings. The Hall–Kier alpha value is -16.2. The number of pyridine rings is 4. The van der Waals surface area contributed by atoms with Crippen molar-refractivity contribution in [3.8, 4) is 23.0 Å². The van der Waals surface area contributed by atoms with Crippen molar-refractivity contribution >= 4 is 92.9 Å². The van der Waals surface area contributed by atoms with Gasteiger partial charge in [0.25, 0.3) is 47.3 Å².